The highest BCUT2D eigenvalue weighted by atomic mass is 16.5. The molecule has 0 aliphatic carbocycles. The lowest BCUT2D eigenvalue weighted by Crippen LogP contribution is -2.38. The lowest BCUT2D eigenvalue weighted by Gasteiger charge is -2.27. The Balaban J connectivity index is 1.31. The second-order valence-corrected chi connectivity index (χ2v) is 9.04. The van der Waals surface area contributed by atoms with E-state index < -0.39 is 0 Å². The maximum Gasteiger partial charge on any atom is 0.191 e. The van der Waals surface area contributed by atoms with Gasteiger partial charge in [0.1, 0.15) is 0 Å². The lowest BCUT2D eigenvalue weighted by atomic mass is 10.0. The van der Waals surface area contributed by atoms with Crippen LogP contribution < -0.4 is 10.6 Å². The highest BCUT2D eigenvalue weighted by Gasteiger charge is 2.14. The molecule has 0 spiro atoms. The number of morpholine rings is 1. The van der Waals surface area contributed by atoms with Crippen LogP contribution in [-0.2, 0) is 30.9 Å². The van der Waals surface area contributed by atoms with Crippen molar-refractivity contribution in [1.29, 1.82) is 0 Å². The number of nitrogens with one attached hydrogen (secondary N) is 2. The summed E-state index contributed by atoms with van der Waals surface area (Å²) in [5.41, 5.74) is 5.45. The molecule has 33 heavy (non-hydrogen) atoms. The first-order valence-electron chi connectivity index (χ1n) is 12.4. The minimum Gasteiger partial charge on any atom is -0.379 e. The van der Waals surface area contributed by atoms with Crippen LogP contribution in [0.5, 0.6) is 0 Å². The second kappa shape index (κ2) is 12.7. The summed E-state index contributed by atoms with van der Waals surface area (Å²) in [7, 11) is 1.84. The monoisotopic (exact) mass is 449 g/mol. The van der Waals surface area contributed by atoms with Gasteiger partial charge in [-0.3, -0.25) is 14.8 Å². The normalized spacial score (nSPS) is 18.3. The molecule has 0 saturated carbocycles. The number of nitrogens with zero attached hydrogens (tertiary/aromatic N) is 3. The zero-order chi connectivity index (χ0) is 22.7. The maximum absolute atomic E-state index is 5.49. The Bertz CT molecular complexity index is 818. The first-order chi connectivity index (χ1) is 16.3. The number of hydrogen-bond acceptors (Lipinski definition) is 4. The number of rotatable bonds is 8. The summed E-state index contributed by atoms with van der Waals surface area (Å²) in [6, 6.07) is 17.5. The molecular weight excluding hydrogens is 410 g/mol. The van der Waals surface area contributed by atoms with Gasteiger partial charge in [0.2, 0.25) is 0 Å². The summed E-state index contributed by atoms with van der Waals surface area (Å²) in [5, 5.41) is 7.05. The van der Waals surface area contributed by atoms with Crippen molar-refractivity contribution < 1.29 is 4.74 Å². The minimum atomic E-state index is 0.760. The van der Waals surface area contributed by atoms with Crippen LogP contribution in [0.15, 0.2) is 53.5 Å². The highest BCUT2D eigenvalue weighted by molar-refractivity contribution is 5.79. The number of piperidine rings is 1. The zero-order valence-corrected chi connectivity index (χ0v) is 20.1. The van der Waals surface area contributed by atoms with Gasteiger partial charge in [-0.05, 0) is 48.2 Å². The van der Waals surface area contributed by atoms with E-state index in [1.54, 1.807) is 0 Å². The molecule has 4 rings (SSSR count). The molecule has 2 fully saturated rings. The van der Waals surface area contributed by atoms with Crippen molar-refractivity contribution in [2.24, 2.45) is 4.99 Å². The van der Waals surface area contributed by atoms with Crippen molar-refractivity contribution in [3.05, 3.63) is 70.8 Å². The van der Waals surface area contributed by atoms with Gasteiger partial charge in [-0.25, -0.2) is 0 Å². The van der Waals surface area contributed by atoms with Gasteiger partial charge >= 0.3 is 0 Å². The minimum absolute atomic E-state index is 0.760. The van der Waals surface area contributed by atoms with Gasteiger partial charge in [0.15, 0.2) is 5.96 Å². The smallest absolute Gasteiger partial charge is 0.191 e. The molecular formula is C27H39N5O. The van der Waals surface area contributed by atoms with Crippen LogP contribution >= 0.6 is 0 Å². The molecule has 2 aliphatic heterocycles. The zero-order valence-electron chi connectivity index (χ0n) is 20.1. The third-order valence-electron chi connectivity index (χ3n) is 6.69. The van der Waals surface area contributed by atoms with Crippen molar-refractivity contribution in [2.75, 3.05) is 46.4 Å². The van der Waals surface area contributed by atoms with Gasteiger partial charge in [0.05, 0.1) is 13.2 Å². The topological polar surface area (TPSA) is 52.1 Å². The summed E-state index contributed by atoms with van der Waals surface area (Å²) in [6.45, 7) is 9.64. The van der Waals surface area contributed by atoms with Gasteiger partial charge in [-0.2, -0.15) is 0 Å². The number of likely N-dealkylation sites (tertiary alicyclic amines) is 1. The van der Waals surface area contributed by atoms with Crippen molar-refractivity contribution in [3.63, 3.8) is 0 Å². The number of guanidine groups is 1. The number of benzene rings is 2. The van der Waals surface area contributed by atoms with E-state index in [0.717, 1.165) is 58.4 Å². The lowest BCUT2D eigenvalue weighted by molar-refractivity contribution is 0.0341. The van der Waals surface area contributed by atoms with Gasteiger partial charge < -0.3 is 15.4 Å². The van der Waals surface area contributed by atoms with Crippen LogP contribution in [0.3, 0.4) is 0 Å². The standard InChI is InChI=1S/C27H39N5O/c1-28-27(29-19-23-9-3-5-11-25(23)21-31-13-7-2-8-14-31)30-20-24-10-4-6-12-26(24)22-32-15-17-33-18-16-32/h3-6,9-12H,2,7-8,13-22H2,1H3,(H2,28,29,30). The van der Waals surface area contributed by atoms with Crippen LogP contribution in [-0.4, -0.2) is 62.2 Å². The summed E-state index contributed by atoms with van der Waals surface area (Å²) in [4.78, 5) is 9.52. The predicted octanol–water partition coefficient (Wildman–Crippen LogP) is 3.37. The summed E-state index contributed by atoms with van der Waals surface area (Å²) < 4.78 is 5.49. The SMILES string of the molecule is CN=C(NCc1ccccc1CN1CCCCC1)NCc1ccccc1CN1CCOCC1. The number of ether oxygens (including phenoxy) is 1. The van der Waals surface area contributed by atoms with E-state index >= 15 is 0 Å². The van der Waals surface area contributed by atoms with E-state index in [9.17, 15) is 0 Å². The van der Waals surface area contributed by atoms with Gasteiger partial charge in [-0.1, -0.05) is 55.0 Å². The molecule has 0 atom stereocenters. The first kappa shape index (κ1) is 23.7. The van der Waals surface area contributed by atoms with Crippen molar-refractivity contribution in [2.45, 2.75) is 45.4 Å². The Labute approximate surface area is 199 Å². The van der Waals surface area contributed by atoms with Crippen LogP contribution in [0.2, 0.25) is 0 Å². The van der Waals surface area contributed by atoms with E-state index in [2.05, 4.69) is 74.0 Å². The average Bonchev–Trinajstić information content (AvgIpc) is 2.87. The largest absolute Gasteiger partial charge is 0.379 e. The van der Waals surface area contributed by atoms with E-state index in [4.69, 9.17) is 4.74 Å². The molecule has 2 aliphatic rings. The van der Waals surface area contributed by atoms with E-state index in [0.29, 0.717) is 0 Å². The summed E-state index contributed by atoms with van der Waals surface area (Å²) >= 11 is 0. The molecule has 2 saturated heterocycles. The Morgan fingerprint density at radius 1 is 0.727 bits per heavy atom. The molecule has 0 unspecified atom stereocenters. The van der Waals surface area contributed by atoms with Gasteiger partial charge in [0, 0.05) is 46.3 Å². The molecule has 2 heterocycles. The van der Waals surface area contributed by atoms with Crippen molar-refractivity contribution >= 4 is 5.96 Å². The fourth-order valence-corrected chi connectivity index (χ4v) is 4.71. The van der Waals surface area contributed by atoms with E-state index in [1.807, 2.05) is 7.05 Å². The fourth-order valence-electron chi connectivity index (χ4n) is 4.71. The summed E-state index contributed by atoms with van der Waals surface area (Å²) in [6.07, 6.45) is 4.02. The quantitative estimate of drug-likeness (QED) is 0.478. The third-order valence-corrected chi connectivity index (χ3v) is 6.69. The number of aliphatic imine (C=N–C) groups is 1. The second-order valence-electron chi connectivity index (χ2n) is 9.04. The third kappa shape index (κ3) is 7.29. The van der Waals surface area contributed by atoms with Crippen LogP contribution in [0.25, 0.3) is 0 Å². The first-order valence-corrected chi connectivity index (χ1v) is 12.4. The maximum atomic E-state index is 5.49. The van der Waals surface area contributed by atoms with Crippen LogP contribution in [0.1, 0.15) is 41.5 Å². The van der Waals surface area contributed by atoms with Crippen LogP contribution in [0.4, 0.5) is 0 Å². The molecule has 0 bridgehead atoms. The Kier molecular flexibility index (Phi) is 9.16. The summed E-state index contributed by atoms with van der Waals surface area (Å²) in [5.74, 6) is 0.837. The number of hydrogen-bond donors (Lipinski definition) is 2. The predicted molar refractivity (Wildman–Crippen MR) is 135 cm³/mol. The van der Waals surface area contributed by atoms with Gasteiger partial charge in [0.25, 0.3) is 0 Å². The van der Waals surface area contributed by atoms with Crippen molar-refractivity contribution in [1.82, 2.24) is 20.4 Å². The molecule has 178 valence electrons. The molecule has 6 heteroatoms. The van der Waals surface area contributed by atoms with E-state index in [1.165, 1.54) is 54.6 Å². The molecule has 0 amide bonds. The fraction of sp³-hybridized carbons (Fsp3) is 0.519. The molecule has 2 aromatic rings. The molecule has 2 aromatic carbocycles. The molecule has 0 radical (unpaired) electrons. The molecule has 2 N–H and O–H groups in total. The van der Waals surface area contributed by atoms with Gasteiger partial charge in [-0.15, -0.1) is 0 Å². The molecule has 0 aromatic heterocycles. The van der Waals surface area contributed by atoms with Crippen LogP contribution in [0, 0.1) is 0 Å². The average molecular weight is 450 g/mol. The molecule has 6 nitrogen and oxygen atoms in total. The Hall–Kier alpha value is -2.41. The van der Waals surface area contributed by atoms with Crippen molar-refractivity contribution in [3.8, 4) is 0 Å². The van der Waals surface area contributed by atoms with E-state index in [-0.39, 0.29) is 0 Å². The Morgan fingerprint density at radius 3 is 1.73 bits per heavy atom. The Morgan fingerprint density at radius 2 is 1.21 bits per heavy atom. The highest BCUT2D eigenvalue weighted by Crippen LogP contribution is 2.16.